The number of likely N-dealkylation sites (tertiary alicyclic amines) is 1. The number of halogens is 2. The molecule has 2 N–H and O–H groups in total. The third kappa shape index (κ3) is 5.56. The number of carboxylic acid groups (broad SMARTS) is 1. The lowest BCUT2D eigenvalue weighted by molar-refractivity contribution is -0.141. The van der Waals surface area contributed by atoms with E-state index in [9.17, 15) is 9.90 Å². The number of piperidine rings is 1. The highest BCUT2D eigenvalue weighted by atomic mass is 35.5. The van der Waals surface area contributed by atoms with Crippen molar-refractivity contribution in [3.8, 4) is 22.6 Å². The maximum absolute atomic E-state index is 11.4. The van der Waals surface area contributed by atoms with Gasteiger partial charge in [0.05, 0.1) is 21.7 Å². The molecule has 0 aliphatic carbocycles. The number of hydrogen-bond donors (Lipinski definition) is 2. The molecule has 0 bridgehead atoms. The van der Waals surface area contributed by atoms with Crippen molar-refractivity contribution in [2.24, 2.45) is 5.92 Å². The number of benzene rings is 3. The summed E-state index contributed by atoms with van der Waals surface area (Å²) >= 11 is 13.7. The summed E-state index contributed by atoms with van der Waals surface area (Å²) in [6.45, 7) is 5.92. The number of hydrogen-bond acceptors (Lipinski definition) is 6. The van der Waals surface area contributed by atoms with Gasteiger partial charge >= 0.3 is 5.97 Å². The fourth-order valence-corrected chi connectivity index (χ4v) is 6.85. The van der Waals surface area contributed by atoms with E-state index in [-0.39, 0.29) is 5.92 Å². The SMILES string of the molecule is CNC1CCN(c2cccc(-c3cccc(-c4nc5cc(CN6CCC(C(=O)O)C6)cc(Cl)c5o4)c3C)c2Cl)CC1. The standard InChI is InChI=1S/C32H34Cl2N4O3/c1-19-23(25-7-4-8-28(29(25)34)38-13-10-22(35-2)11-14-38)5-3-6-24(19)31-36-27-16-20(15-26(33)30(27)41-31)17-37-12-9-21(18-37)32(39)40/h3-8,15-16,21-22,35H,9-14,17-18H2,1-2H3,(H,39,40). The van der Waals surface area contributed by atoms with E-state index in [2.05, 4.69) is 46.3 Å². The van der Waals surface area contributed by atoms with E-state index in [1.807, 2.05) is 31.3 Å². The number of carbonyl (C=O) groups is 1. The normalized spacial score (nSPS) is 18.4. The summed E-state index contributed by atoms with van der Waals surface area (Å²) in [5.41, 5.74) is 7.22. The number of anilines is 1. The van der Waals surface area contributed by atoms with Gasteiger partial charge in [0.15, 0.2) is 5.58 Å². The van der Waals surface area contributed by atoms with Crippen molar-refractivity contribution in [2.45, 2.75) is 38.8 Å². The Morgan fingerprint density at radius 1 is 1.05 bits per heavy atom. The molecule has 9 heteroatoms. The topological polar surface area (TPSA) is 81.8 Å². The van der Waals surface area contributed by atoms with Crippen LogP contribution in [0.2, 0.25) is 10.0 Å². The molecule has 2 aliphatic rings. The molecule has 2 fully saturated rings. The van der Waals surface area contributed by atoms with Crippen LogP contribution in [0.25, 0.3) is 33.7 Å². The largest absolute Gasteiger partial charge is 0.481 e. The molecule has 0 radical (unpaired) electrons. The molecule has 6 rings (SSSR count). The van der Waals surface area contributed by atoms with E-state index in [1.54, 1.807) is 0 Å². The summed E-state index contributed by atoms with van der Waals surface area (Å²) in [6, 6.07) is 16.8. The summed E-state index contributed by atoms with van der Waals surface area (Å²) < 4.78 is 6.22. The van der Waals surface area contributed by atoms with Crippen LogP contribution in [0.4, 0.5) is 5.69 Å². The van der Waals surface area contributed by atoms with Gasteiger partial charge in [0.2, 0.25) is 5.89 Å². The van der Waals surface area contributed by atoms with Crippen molar-refractivity contribution < 1.29 is 14.3 Å². The minimum atomic E-state index is -0.734. The van der Waals surface area contributed by atoms with Crippen LogP contribution in [-0.4, -0.2) is 60.2 Å². The Kier molecular flexibility index (Phi) is 7.97. The van der Waals surface area contributed by atoms with Crippen molar-refractivity contribution in [3.63, 3.8) is 0 Å². The van der Waals surface area contributed by atoms with Gasteiger partial charge in [0.1, 0.15) is 5.52 Å². The summed E-state index contributed by atoms with van der Waals surface area (Å²) in [4.78, 5) is 20.7. The molecule has 0 amide bonds. The Balaban J connectivity index is 1.29. The molecule has 214 valence electrons. The zero-order valence-corrected chi connectivity index (χ0v) is 24.8. The molecule has 3 heterocycles. The van der Waals surface area contributed by atoms with Gasteiger partial charge in [0.25, 0.3) is 0 Å². The second-order valence-electron chi connectivity index (χ2n) is 11.2. The van der Waals surface area contributed by atoms with Crippen molar-refractivity contribution in [1.82, 2.24) is 15.2 Å². The fraction of sp³-hybridized carbons (Fsp3) is 0.375. The zero-order valence-electron chi connectivity index (χ0n) is 23.3. The van der Waals surface area contributed by atoms with Gasteiger partial charge in [-0.25, -0.2) is 4.98 Å². The fourth-order valence-electron chi connectivity index (χ4n) is 6.23. The number of rotatable bonds is 7. The Hall–Kier alpha value is -3.10. The molecule has 2 saturated heterocycles. The van der Waals surface area contributed by atoms with Gasteiger partial charge in [-0.3, -0.25) is 9.69 Å². The Bertz CT molecular complexity index is 1600. The smallest absolute Gasteiger partial charge is 0.307 e. The van der Waals surface area contributed by atoms with Crippen LogP contribution in [0.5, 0.6) is 0 Å². The van der Waals surface area contributed by atoms with Crippen LogP contribution in [-0.2, 0) is 11.3 Å². The van der Waals surface area contributed by atoms with Gasteiger partial charge in [-0.05, 0) is 80.7 Å². The molecular formula is C32H34Cl2N4O3. The van der Waals surface area contributed by atoms with Crippen LogP contribution in [0, 0.1) is 12.8 Å². The summed E-state index contributed by atoms with van der Waals surface area (Å²) in [5.74, 6) is -0.545. The monoisotopic (exact) mass is 592 g/mol. The predicted molar refractivity (Wildman–Crippen MR) is 165 cm³/mol. The zero-order chi connectivity index (χ0) is 28.7. The lowest BCUT2D eigenvalue weighted by atomic mass is 9.95. The molecule has 4 aromatic rings. The van der Waals surface area contributed by atoms with Gasteiger partial charge in [-0.15, -0.1) is 0 Å². The lowest BCUT2D eigenvalue weighted by Crippen LogP contribution is -2.41. The first kappa shape index (κ1) is 28.0. The number of nitrogens with one attached hydrogen (secondary N) is 1. The van der Waals surface area contributed by atoms with Crippen molar-refractivity contribution in [3.05, 3.63) is 69.7 Å². The summed E-state index contributed by atoms with van der Waals surface area (Å²) in [6.07, 6.45) is 2.85. The van der Waals surface area contributed by atoms with E-state index < -0.39 is 5.97 Å². The van der Waals surface area contributed by atoms with Crippen LogP contribution < -0.4 is 10.2 Å². The second-order valence-corrected chi connectivity index (χ2v) is 12.0. The van der Waals surface area contributed by atoms with E-state index >= 15 is 0 Å². The molecule has 1 atom stereocenters. The number of aromatic nitrogens is 1. The van der Waals surface area contributed by atoms with E-state index in [1.165, 1.54) is 0 Å². The molecule has 7 nitrogen and oxygen atoms in total. The number of nitrogens with zero attached hydrogens (tertiary/aromatic N) is 3. The van der Waals surface area contributed by atoms with Crippen LogP contribution in [0.1, 0.15) is 30.4 Å². The highest BCUT2D eigenvalue weighted by Gasteiger charge is 2.28. The highest BCUT2D eigenvalue weighted by Crippen LogP contribution is 2.41. The maximum Gasteiger partial charge on any atom is 0.307 e. The van der Waals surface area contributed by atoms with Crippen molar-refractivity contribution in [2.75, 3.05) is 38.1 Å². The first-order valence-electron chi connectivity index (χ1n) is 14.2. The third-order valence-corrected chi connectivity index (χ3v) is 9.29. The van der Waals surface area contributed by atoms with Gasteiger partial charge in [-0.1, -0.05) is 47.5 Å². The quantitative estimate of drug-likeness (QED) is 0.242. The van der Waals surface area contributed by atoms with Crippen LogP contribution in [0.15, 0.2) is 52.9 Å². The van der Waals surface area contributed by atoms with E-state index in [0.717, 1.165) is 71.0 Å². The molecule has 0 spiro atoms. The molecule has 2 aliphatic heterocycles. The molecule has 41 heavy (non-hydrogen) atoms. The Morgan fingerprint density at radius 3 is 2.51 bits per heavy atom. The first-order valence-corrected chi connectivity index (χ1v) is 14.9. The average molecular weight is 594 g/mol. The van der Waals surface area contributed by atoms with E-state index in [4.69, 9.17) is 32.6 Å². The second kappa shape index (κ2) is 11.6. The van der Waals surface area contributed by atoms with Crippen molar-refractivity contribution >= 4 is 46.0 Å². The maximum atomic E-state index is 11.4. The summed E-state index contributed by atoms with van der Waals surface area (Å²) in [7, 11) is 2.03. The molecule has 1 unspecified atom stereocenters. The first-order chi connectivity index (χ1) is 19.8. The average Bonchev–Trinajstić information content (AvgIpc) is 3.62. The number of oxazole rings is 1. The lowest BCUT2D eigenvalue weighted by Gasteiger charge is -2.34. The van der Waals surface area contributed by atoms with E-state index in [0.29, 0.717) is 47.6 Å². The Labute approximate surface area is 250 Å². The van der Waals surface area contributed by atoms with Gasteiger partial charge in [0, 0.05) is 43.3 Å². The molecule has 3 aromatic carbocycles. The molecule has 1 aromatic heterocycles. The third-order valence-electron chi connectivity index (χ3n) is 8.61. The number of aliphatic carboxylic acids is 1. The molecule has 0 saturated carbocycles. The van der Waals surface area contributed by atoms with Gasteiger partial charge < -0.3 is 19.7 Å². The number of carboxylic acids is 1. The highest BCUT2D eigenvalue weighted by molar-refractivity contribution is 6.36. The minimum absolute atomic E-state index is 0.317. The minimum Gasteiger partial charge on any atom is -0.481 e. The Morgan fingerprint density at radius 2 is 1.78 bits per heavy atom. The predicted octanol–water partition coefficient (Wildman–Crippen LogP) is 6.87. The van der Waals surface area contributed by atoms with Gasteiger partial charge in [-0.2, -0.15) is 0 Å². The van der Waals surface area contributed by atoms with Crippen LogP contribution in [0.3, 0.4) is 0 Å². The van der Waals surface area contributed by atoms with Crippen molar-refractivity contribution in [1.29, 1.82) is 0 Å². The molecular weight excluding hydrogens is 559 g/mol. The van der Waals surface area contributed by atoms with Crippen LogP contribution >= 0.6 is 23.2 Å². The number of fused-ring (bicyclic) bond motifs is 1. The summed E-state index contributed by atoms with van der Waals surface area (Å²) in [5, 5.41) is 14.0.